The van der Waals surface area contributed by atoms with Crippen molar-refractivity contribution < 1.29 is 15.1 Å². The molecule has 0 amide bonds. The van der Waals surface area contributed by atoms with E-state index in [2.05, 4.69) is 4.99 Å². The normalized spacial score (nSPS) is 11.9. The van der Waals surface area contributed by atoms with Crippen molar-refractivity contribution >= 4 is 49.9 Å². The van der Waals surface area contributed by atoms with Crippen LogP contribution in [0.1, 0.15) is 5.56 Å². The number of aliphatic imine (C=N–C) groups is 1. The summed E-state index contributed by atoms with van der Waals surface area (Å²) < 4.78 is 0. The zero-order chi connectivity index (χ0) is 20.1. The van der Waals surface area contributed by atoms with Crippen LogP contribution >= 0.6 is 0 Å². The van der Waals surface area contributed by atoms with Crippen LogP contribution in [0, 0.1) is 10.1 Å². The number of nitro benzene ring substituents is 1. The number of aromatic hydroxyl groups is 2. The summed E-state index contributed by atoms with van der Waals surface area (Å²) in [6, 6.07) is 19.3. The monoisotopic (exact) mass is 382 g/mol. The number of nitrogens with zero attached hydrogens (tertiary/aromatic N) is 2. The lowest BCUT2D eigenvalue weighted by Gasteiger charge is -2.13. The van der Waals surface area contributed by atoms with Crippen LogP contribution in [0.4, 0.5) is 11.4 Å². The lowest BCUT2D eigenvalue weighted by atomic mass is 9.92. The summed E-state index contributed by atoms with van der Waals surface area (Å²) in [5.74, 6) is -0.131. The van der Waals surface area contributed by atoms with Gasteiger partial charge in [-0.05, 0) is 44.5 Å². The molecule has 6 nitrogen and oxygen atoms in total. The predicted octanol–water partition coefficient (Wildman–Crippen LogP) is 5.65. The number of hydrogen-bond donors (Lipinski definition) is 2. The van der Waals surface area contributed by atoms with E-state index >= 15 is 0 Å². The maximum Gasteiger partial charge on any atom is 0.271 e. The Morgan fingerprint density at radius 2 is 1.55 bits per heavy atom. The van der Waals surface area contributed by atoms with Gasteiger partial charge in [-0.2, -0.15) is 0 Å². The molecule has 0 bridgehead atoms. The Morgan fingerprint density at radius 1 is 0.828 bits per heavy atom. The van der Waals surface area contributed by atoms with Crippen molar-refractivity contribution in [3.05, 3.63) is 82.4 Å². The Kier molecular flexibility index (Phi) is 3.61. The van der Waals surface area contributed by atoms with Crippen LogP contribution in [-0.2, 0) is 0 Å². The molecule has 6 heteroatoms. The molecule has 0 fully saturated rings. The van der Waals surface area contributed by atoms with Gasteiger partial charge in [-0.3, -0.25) is 15.1 Å². The maximum atomic E-state index is 11.0. The molecule has 0 radical (unpaired) electrons. The molecule has 0 aliphatic carbocycles. The van der Waals surface area contributed by atoms with E-state index in [-0.39, 0.29) is 22.9 Å². The number of phenols is 2. The van der Waals surface area contributed by atoms with Crippen molar-refractivity contribution in [2.24, 2.45) is 4.99 Å². The molecule has 0 saturated heterocycles. The first-order valence-electron chi connectivity index (χ1n) is 8.94. The zero-order valence-corrected chi connectivity index (χ0v) is 15.0. The third-order valence-corrected chi connectivity index (χ3v) is 5.17. The Balaban J connectivity index is 1.75. The zero-order valence-electron chi connectivity index (χ0n) is 15.0. The SMILES string of the molecule is O=[N+]([O-])c1ccc(O)c(N=Cc2c(O)cc3ccc4cccc5ccc2c3c45)c1. The van der Waals surface area contributed by atoms with Crippen molar-refractivity contribution in [3.8, 4) is 11.5 Å². The summed E-state index contributed by atoms with van der Waals surface area (Å²) in [6.07, 6.45) is 1.43. The number of phenolic OH excluding ortho intramolecular Hbond substituents is 2. The average Bonchev–Trinajstić information content (AvgIpc) is 2.72. The number of nitro groups is 1. The fourth-order valence-electron chi connectivity index (χ4n) is 3.82. The van der Waals surface area contributed by atoms with E-state index in [1.54, 1.807) is 6.07 Å². The van der Waals surface area contributed by atoms with Crippen LogP contribution in [0.25, 0.3) is 32.3 Å². The first kappa shape index (κ1) is 16.9. The van der Waals surface area contributed by atoms with Gasteiger partial charge in [0.15, 0.2) is 0 Å². The largest absolute Gasteiger partial charge is 0.507 e. The summed E-state index contributed by atoms with van der Waals surface area (Å²) in [6.45, 7) is 0. The van der Waals surface area contributed by atoms with Crippen LogP contribution in [0.3, 0.4) is 0 Å². The smallest absolute Gasteiger partial charge is 0.271 e. The fourth-order valence-corrected chi connectivity index (χ4v) is 3.82. The molecular formula is C23H14N2O4. The van der Waals surface area contributed by atoms with Crippen molar-refractivity contribution in [2.45, 2.75) is 0 Å². The van der Waals surface area contributed by atoms with Gasteiger partial charge in [-0.15, -0.1) is 0 Å². The second kappa shape index (κ2) is 6.17. The van der Waals surface area contributed by atoms with Crippen molar-refractivity contribution in [1.29, 1.82) is 0 Å². The molecule has 2 N–H and O–H groups in total. The molecule has 0 aliphatic rings. The molecule has 0 aliphatic heterocycles. The van der Waals surface area contributed by atoms with E-state index < -0.39 is 4.92 Å². The number of rotatable bonds is 3. The molecule has 140 valence electrons. The first-order valence-corrected chi connectivity index (χ1v) is 8.94. The second-order valence-corrected chi connectivity index (χ2v) is 6.85. The Labute approximate surface area is 164 Å². The minimum Gasteiger partial charge on any atom is -0.507 e. The molecule has 0 heterocycles. The Bertz CT molecular complexity index is 1440. The quantitative estimate of drug-likeness (QED) is 0.182. The number of hydrogen-bond acceptors (Lipinski definition) is 5. The second-order valence-electron chi connectivity index (χ2n) is 6.85. The Hall–Kier alpha value is -4.19. The molecular weight excluding hydrogens is 368 g/mol. The van der Waals surface area contributed by atoms with E-state index in [0.29, 0.717) is 5.56 Å². The van der Waals surface area contributed by atoms with Gasteiger partial charge < -0.3 is 10.2 Å². The van der Waals surface area contributed by atoms with E-state index in [9.17, 15) is 20.3 Å². The molecule has 0 spiro atoms. The van der Waals surface area contributed by atoms with E-state index in [1.807, 2.05) is 42.5 Å². The van der Waals surface area contributed by atoms with Gasteiger partial charge >= 0.3 is 0 Å². The van der Waals surface area contributed by atoms with Gasteiger partial charge in [0.05, 0.1) is 4.92 Å². The van der Waals surface area contributed by atoms with Gasteiger partial charge in [-0.25, -0.2) is 0 Å². The fraction of sp³-hybridized carbons (Fsp3) is 0. The minimum absolute atomic E-state index is 0.0459. The molecule has 5 aromatic rings. The lowest BCUT2D eigenvalue weighted by molar-refractivity contribution is -0.384. The van der Waals surface area contributed by atoms with Gasteiger partial charge in [0.1, 0.15) is 17.2 Å². The van der Waals surface area contributed by atoms with Crippen LogP contribution in [0.5, 0.6) is 11.5 Å². The van der Waals surface area contributed by atoms with E-state index in [4.69, 9.17) is 0 Å². The summed E-state index contributed by atoms with van der Waals surface area (Å²) in [5, 5.41) is 37.7. The van der Waals surface area contributed by atoms with Crippen molar-refractivity contribution in [3.63, 3.8) is 0 Å². The average molecular weight is 382 g/mol. The maximum absolute atomic E-state index is 11.0. The van der Waals surface area contributed by atoms with Crippen molar-refractivity contribution in [2.75, 3.05) is 0 Å². The van der Waals surface area contributed by atoms with E-state index in [1.165, 1.54) is 24.4 Å². The van der Waals surface area contributed by atoms with Gasteiger partial charge in [0.25, 0.3) is 5.69 Å². The minimum atomic E-state index is -0.549. The lowest BCUT2D eigenvalue weighted by Crippen LogP contribution is -1.91. The van der Waals surface area contributed by atoms with Crippen LogP contribution in [0.15, 0.2) is 71.7 Å². The van der Waals surface area contributed by atoms with Gasteiger partial charge in [0.2, 0.25) is 0 Å². The molecule has 0 atom stereocenters. The van der Waals surface area contributed by atoms with Gasteiger partial charge in [0, 0.05) is 23.9 Å². The summed E-state index contributed by atoms with van der Waals surface area (Å²) in [4.78, 5) is 14.7. The highest BCUT2D eigenvalue weighted by molar-refractivity contribution is 6.26. The highest BCUT2D eigenvalue weighted by Gasteiger charge is 2.14. The molecule has 0 aromatic heterocycles. The Morgan fingerprint density at radius 3 is 2.31 bits per heavy atom. The molecule has 5 aromatic carbocycles. The van der Waals surface area contributed by atoms with Crippen LogP contribution < -0.4 is 0 Å². The highest BCUT2D eigenvalue weighted by atomic mass is 16.6. The van der Waals surface area contributed by atoms with E-state index in [0.717, 1.165) is 32.3 Å². The topological polar surface area (TPSA) is 96.0 Å². The third kappa shape index (κ3) is 2.62. The van der Waals surface area contributed by atoms with Crippen LogP contribution in [0.2, 0.25) is 0 Å². The van der Waals surface area contributed by atoms with Crippen molar-refractivity contribution in [1.82, 2.24) is 0 Å². The first-order chi connectivity index (χ1) is 14.0. The number of benzene rings is 5. The highest BCUT2D eigenvalue weighted by Crippen LogP contribution is 2.39. The molecule has 0 unspecified atom stereocenters. The standard InChI is InChI=1S/C23H14N2O4/c26-20-9-7-16(25(28)29)11-19(20)24-12-18-17-8-6-14-3-1-2-13-4-5-15(10-21(18)27)23(17)22(13)14/h1-12,26-27H. The van der Waals surface area contributed by atoms with Gasteiger partial charge in [-0.1, -0.05) is 42.5 Å². The summed E-state index contributed by atoms with van der Waals surface area (Å²) in [5.41, 5.74) is 0.375. The third-order valence-electron chi connectivity index (χ3n) is 5.17. The molecule has 5 rings (SSSR count). The molecule has 29 heavy (non-hydrogen) atoms. The number of non-ortho nitro benzene ring substituents is 1. The van der Waals surface area contributed by atoms with Crippen LogP contribution in [-0.4, -0.2) is 21.4 Å². The molecule has 0 saturated carbocycles. The summed E-state index contributed by atoms with van der Waals surface area (Å²) in [7, 11) is 0. The predicted molar refractivity (Wildman–Crippen MR) is 114 cm³/mol. The summed E-state index contributed by atoms with van der Waals surface area (Å²) >= 11 is 0.